The molecule has 3 nitrogen and oxygen atoms in total. The van der Waals surface area contributed by atoms with Crippen molar-refractivity contribution in [2.24, 2.45) is 5.41 Å². The van der Waals surface area contributed by atoms with Gasteiger partial charge in [-0.25, -0.2) is 0 Å². The molecule has 1 N–H and O–H groups in total. The number of rotatable bonds is 7. The first-order chi connectivity index (χ1) is 7.58. The number of furan rings is 1. The number of nitrogens with one attached hydrogen (secondary N) is 1. The lowest BCUT2D eigenvalue weighted by Gasteiger charge is -2.17. The average Bonchev–Trinajstić information content (AvgIpc) is 2.67. The molecule has 0 aliphatic rings. The van der Waals surface area contributed by atoms with Crippen LogP contribution in [0.15, 0.2) is 22.8 Å². The molecule has 0 aliphatic heterocycles. The molecule has 0 bridgehead atoms. The topological polar surface area (TPSA) is 34.4 Å². The summed E-state index contributed by atoms with van der Waals surface area (Å²) in [7, 11) is 0. The third kappa shape index (κ3) is 6.64. The summed E-state index contributed by atoms with van der Waals surface area (Å²) < 4.78 is 10.6. The fourth-order valence-corrected chi connectivity index (χ4v) is 1.30. The molecule has 1 rings (SSSR count). The molecule has 0 amide bonds. The zero-order valence-corrected chi connectivity index (χ0v) is 10.6. The monoisotopic (exact) mass is 225 g/mol. The lowest BCUT2D eigenvalue weighted by Crippen LogP contribution is -2.24. The molecule has 0 atom stereocenters. The highest BCUT2D eigenvalue weighted by Crippen LogP contribution is 2.16. The van der Waals surface area contributed by atoms with Gasteiger partial charge in [0.1, 0.15) is 12.4 Å². The van der Waals surface area contributed by atoms with Gasteiger partial charge in [-0.15, -0.1) is 0 Å². The fraction of sp³-hybridized carbons (Fsp3) is 0.692. The molecule has 0 unspecified atom stereocenters. The molecule has 0 radical (unpaired) electrons. The van der Waals surface area contributed by atoms with Gasteiger partial charge in [0.2, 0.25) is 0 Å². The van der Waals surface area contributed by atoms with Crippen LogP contribution in [0.25, 0.3) is 0 Å². The summed E-state index contributed by atoms with van der Waals surface area (Å²) in [4.78, 5) is 0. The molecule has 1 aromatic rings. The van der Waals surface area contributed by atoms with E-state index in [0.29, 0.717) is 12.0 Å². The molecule has 1 heterocycles. The minimum absolute atomic E-state index is 0.405. The van der Waals surface area contributed by atoms with Crippen molar-refractivity contribution in [1.29, 1.82) is 0 Å². The third-order valence-corrected chi connectivity index (χ3v) is 2.30. The van der Waals surface area contributed by atoms with Crippen molar-refractivity contribution < 1.29 is 9.15 Å². The Morgan fingerprint density at radius 3 is 2.75 bits per heavy atom. The fourth-order valence-electron chi connectivity index (χ4n) is 1.30. The Labute approximate surface area is 98.2 Å². The quantitative estimate of drug-likeness (QED) is 0.725. The minimum atomic E-state index is 0.405. The maximum Gasteiger partial charge on any atom is 0.129 e. The van der Waals surface area contributed by atoms with Crippen molar-refractivity contribution >= 4 is 0 Å². The zero-order valence-electron chi connectivity index (χ0n) is 10.6. The second kappa shape index (κ2) is 6.71. The molecule has 0 aromatic carbocycles. The van der Waals surface area contributed by atoms with Gasteiger partial charge in [0, 0.05) is 6.54 Å². The van der Waals surface area contributed by atoms with E-state index >= 15 is 0 Å². The lowest BCUT2D eigenvalue weighted by atomic mass is 9.92. The highest BCUT2D eigenvalue weighted by atomic mass is 16.5. The normalized spacial score (nSPS) is 11.9. The minimum Gasteiger partial charge on any atom is -0.467 e. The van der Waals surface area contributed by atoms with Crippen LogP contribution in [0.3, 0.4) is 0 Å². The van der Waals surface area contributed by atoms with E-state index in [1.165, 1.54) is 6.42 Å². The predicted molar refractivity (Wildman–Crippen MR) is 65.3 cm³/mol. The summed E-state index contributed by atoms with van der Waals surface area (Å²) >= 11 is 0. The van der Waals surface area contributed by atoms with E-state index in [1.807, 2.05) is 12.1 Å². The van der Waals surface area contributed by atoms with Gasteiger partial charge < -0.3 is 14.5 Å². The van der Waals surface area contributed by atoms with Crippen LogP contribution >= 0.6 is 0 Å². The summed E-state index contributed by atoms with van der Waals surface area (Å²) in [5.41, 5.74) is 0.405. The van der Waals surface area contributed by atoms with E-state index in [4.69, 9.17) is 9.15 Å². The lowest BCUT2D eigenvalue weighted by molar-refractivity contribution is 0.107. The second-order valence-electron chi connectivity index (χ2n) is 5.19. The first-order valence-electron chi connectivity index (χ1n) is 5.89. The van der Waals surface area contributed by atoms with E-state index in [1.54, 1.807) is 6.26 Å². The molecule has 0 saturated heterocycles. The van der Waals surface area contributed by atoms with Gasteiger partial charge in [-0.05, 0) is 30.5 Å². The molecule has 1 aromatic heterocycles. The molecule has 0 aliphatic carbocycles. The molecule has 92 valence electrons. The van der Waals surface area contributed by atoms with Crippen molar-refractivity contribution in [1.82, 2.24) is 5.32 Å². The molecule has 3 heteroatoms. The molecule has 0 spiro atoms. The van der Waals surface area contributed by atoms with Crippen LogP contribution in [-0.2, 0) is 11.3 Å². The molecular weight excluding hydrogens is 202 g/mol. The zero-order chi connectivity index (χ0) is 11.9. The van der Waals surface area contributed by atoms with Gasteiger partial charge >= 0.3 is 0 Å². The molecule has 16 heavy (non-hydrogen) atoms. The van der Waals surface area contributed by atoms with E-state index in [9.17, 15) is 0 Å². The number of hydrogen-bond acceptors (Lipinski definition) is 3. The molecule has 0 saturated carbocycles. The highest BCUT2D eigenvalue weighted by molar-refractivity contribution is 4.95. The highest BCUT2D eigenvalue weighted by Gasteiger charge is 2.08. The summed E-state index contributed by atoms with van der Waals surface area (Å²) in [6, 6.07) is 3.80. The van der Waals surface area contributed by atoms with E-state index in [-0.39, 0.29) is 0 Å². The smallest absolute Gasteiger partial charge is 0.129 e. The predicted octanol–water partition coefficient (Wildman–Crippen LogP) is 2.82. The van der Waals surface area contributed by atoms with Gasteiger partial charge in [-0.3, -0.25) is 0 Å². The van der Waals surface area contributed by atoms with Gasteiger partial charge in [-0.2, -0.15) is 0 Å². The Kier molecular flexibility index (Phi) is 5.56. The van der Waals surface area contributed by atoms with Crippen LogP contribution in [0.4, 0.5) is 0 Å². The Morgan fingerprint density at radius 2 is 2.12 bits per heavy atom. The van der Waals surface area contributed by atoms with Crippen molar-refractivity contribution in [3.05, 3.63) is 24.2 Å². The Morgan fingerprint density at radius 1 is 1.31 bits per heavy atom. The van der Waals surface area contributed by atoms with Gasteiger partial charge in [0.25, 0.3) is 0 Å². The largest absolute Gasteiger partial charge is 0.467 e. The Balaban J connectivity index is 1.89. The van der Waals surface area contributed by atoms with Gasteiger partial charge in [0.05, 0.1) is 12.9 Å². The van der Waals surface area contributed by atoms with Crippen molar-refractivity contribution in [2.75, 3.05) is 19.7 Å². The van der Waals surface area contributed by atoms with Crippen LogP contribution < -0.4 is 5.32 Å². The average molecular weight is 225 g/mol. The summed E-state index contributed by atoms with van der Waals surface area (Å²) in [6.07, 6.45) is 2.85. The third-order valence-electron chi connectivity index (χ3n) is 2.30. The standard InChI is InChI=1S/C13H23NO2/c1-13(2,3)6-7-14-8-10-15-11-12-5-4-9-16-12/h4-5,9,14H,6-8,10-11H2,1-3H3. The van der Waals surface area contributed by atoms with E-state index < -0.39 is 0 Å². The first kappa shape index (κ1) is 13.3. The summed E-state index contributed by atoms with van der Waals surface area (Å²) in [6.45, 7) is 10.00. The summed E-state index contributed by atoms with van der Waals surface area (Å²) in [5, 5.41) is 3.37. The van der Waals surface area contributed by atoms with Crippen molar-refractivity contribution in [3.8, 4) is 0 Å². The van der Waals surface area contributed by atoms with Gasteiger partial charge in [0.15, 0.2) is 0 Å². The Bertz CT molecular complexity index is 262. The van der Waals surface area contributed by atoms with Crippen molar-refractivity contribution in [3.63, 3.8) is 0 Å². The van der Waals surface area contributed by atoms with Crippen LogP contribution in [0.2, 0.25) is 0 Å². The van der Waals surface area contributed by atoms with Crippen molar-refractivity contribution in [2.45, 2.75) is 33.8 Å². The second-order valence-corrected chi connectivity index (χ2v) is 5.19. The maximum absolute atomic E-state index is 5.45. The van der Waals surface area contributed by atoms with E-state index in [2.05, 4.69) is 26.1 Å². The van der Waals surface area contributed by atoms with Gasteiger partial charge in [-0.1, -0.05) is 20.8 Å². The number of hydrogen-bond donors (Lipinski definition) is 1. The Hall–Kier alpha value is -0.800. The first-order valence-corrected chi connectivity index (χ1v) is 5.89. The SMILES string of the molecule is CC(C)(C)CCNCCOCc1ccco1. The van der Waals surface area contributed by atoms with Crippen LogP contribution in [0, 0.1) is 5.41 Å². The van der Waals surface area contributed by atoms with Crippen LogP contribution in [0.1, 0.15) is 33.0 Å². The maximum atomic E-state index is 5.45. The molecular formula is C13H23NO2. The van der Waals surface area contributed by atoms with Crippen LogP contribution in [0.5, 0.6) is 0 Å². The molecule has 0 fully saturated rings. The van der Waals surface area contributed by atoms with E-state index in [0.717, 1.165) is 25.5 Å². The number of ether oxygens (including phenoxy) is 1. The summed E-state index contributed by atoms with van der Waals surface area (Å²) in [5.74, 6) is 0.884. The van der Waals surface area contributed by atoms with Crippen LogP contribution in [-0.4, -0.2) is 19.7 Å².